The molecule has 19 heavy (non-hydrogen) atoms. The normalized spacial score (nSPS) is 18.7. The van der Waals surface area contributed by atoms with E-state index < -0.39 is 0 Å². The molecule has 1 fully saturated rings. The van der Waals surface area contributed by atoms with Gasteiger partial charge in [-0.05, 0) is 19.4 Å². The van der Waals surface area contributed by atoms with Crippen molar-refractivity contribution in [1.29, 1.82) is 0 Å². The van der Waals surface area contributed by atoms with Gasteiger partial charge in [0.05, 0.1) is 18.1 Å². The fourth-order valence-electron chi connectivity index (χ4n) is 2.16. The first-order valence-corrected chi connectivity index (χ1v) is 6.47. The highest BCUT2D eigenvalue weighted by Crippen LogP contribution is 2.27. The maximum absolute atomic E-state index is 10.9. The van der Waals surface area contributed by atoms with E-state index in [0.29, 0.717) is 5.56 Å². The van der Waals surface area contributed by atoms with Gasteiger partial charge in [0, 0.05) is 29.6 Å². The van der Waals surface area contributed by atoms with Crippen molar-refractivity contribution in [3.05, 3.63) is 39.4 Å². The molecule has 5 heteroatoms. The minimum absolute atomic E-state index is 0.0942. The van der Waals surface area contributed by atoms with Crippen LogP contribution in [0.25, 0.3) is 0 Å². The molecule has 1 atom stereocenters. The zero-order chi connectivity index (χ0) is 14.0. The molecule has 1 N–H and O–H groups in total. The summed E-state index contributed by atoms with van der Waals surface area (Å²) in [7, 11) is 0. The number of nitro benzene ring substituents is 1. The molecule has 104 valence electrons. The van der Waals surface area contributed by atoms with Crippen molar-refractivity contribution in [1.82, 2.24) is 5.32 Å². The highest BCUT2D eigenvalue weighted by atomic mass is 16.6. The molecule has 0 radical (unpaired) electrons. The van der Waals surface area contributed by atoms with Gasteiger partial charge in [-0.3, -0.25) is 10.1 Å². The van der Waals surface area contributed by atoms with E-state index >= 15 is 0 Å². The van der Waals surface area contributed by atoms with Crippen molar-refractivity contribution in [2.24, 2.45) is 5.41 Å². The Hall–Kier alpha value is -1.46. The van der Waals surface area contributed by atoms with Gasteiger partial charge in [0.2, 0.25) is 0 Å². The first kappa shape index (κ1) is 14.0. The molecule has 2 rings (SSSR count). The smallest absolute Gasteiger partial charge is 0.272 e. The SMILES string of the molecule is Cc1ccc(C(C)NCC2(C)COC2)cc1[N+](=O)[O-]. The summed E-state index contributed by atoms with van der Waals surface area (Å²) in [5.74, 6) is 0. The number of hydrogen-bond acceptors (Lipinski definition) is 4. The Labute approximate surface area is 113 Å². The lowest BCUT2D eigenvalue weighted by Crippen LogP contribution is -2.47. The molecule has 0 aliphatic carbocycles. The third kappa shape index (κ3) is 3.11. The summed E-state index contributed by atoms with van der Waals surface area (Å²) in [5.41, 5.74) is 2.02. The van der Waals surface area contributed by atoms with Crippen LogP contribution in [-0.4, -0.2) is 24.7 Å². The Morgan fingerprint density at radius 2 is 2.21 bits per heavy atom. The monoisotopic (exact) mass is 264 g/mol. The van der Waals surface area contributed by atoms with Crippen molar-refractivity contribution < 1.29 is 9.66 Å². The number of hydrogen-bond donors (Lipinski definition) is 1. The van der Waals surface area contributed by atoms with Gasteiger partial charge in [0.1, 0.15) is 0 Å². The molecular formula is C14H20N2O3. The second-order valence-corrected chi connectivity index (χ2v) is 5.71. The third-order valence-electron chi connectivity index (χ3n) is 3.67. The van der Waals surface area contributed by atoms with Crippen LogP contribution in [-0.2, 0) is 4.74 Å². The Balaban J connectivity index is 2.04. The van der Waals surface area contributed by atoms with Crippen molar-refractivity contribution in [3.63, 3.8) is 0 Å². The van der Waals surface area contributed by atoms with Gasteiger partial charge in [-0.15, -0.1) is 0 Å². The summed E-state index contributed by atoms with van der Waals surface area (Å²) in [6.07, 6.45) is 0. The zero-order valence-corrected chi connectivity index (χ0v) is 11.6. The molecule has 1 aliphatic heterocycles. The van der Waals surface area contributed by atoms with E-state index in [1.165, 1.54) is 0 Å². The minimum Gasteiger partial charge on any atom is -0.380 e. The first-order valence-electron chi connectivity index (χ1n) is 6.47. The molecule has 5 nitrogen and oxygen atoms in total. The molecule has 0 spiro atoms. The predicted octanol–water partition coefficient (Wildman–Crippen LogP) is 2.59. The van der Waals surface area contributed by atoms with Gasteiger partial charge in [0.15, 0.2) is 0 Å². The Morgan fingerprint density at radius 1 is 1.53 bits per heavy atom. The van der Waals surface area contributed by atoms with Crippen LogP contribution in [0.3, 0.4) is 0 Å². The van der Waals surface area contributed by atoms with Gasteiger partial charge < -0.3 is 10.1 Å². The van der Waals surface area contributed by atoms with Crippen LogP contribution in [0.15, 0.2) is 18.2 Å². The molecule has 0 bridgehead atoms. The number of nitro groups is 1. The molecule has 1 saturated heterocycles. The molecule has 1 aliphatic rings. The van der Waals surface area contributed by atoms with E-state index in [1.54, 1.807) is 19.1 Å². The van der Waals surface area contributed by atoms with Gasteiger partial charge >= 0.3 is 0 Å². The van der Waals surface area contributed by atoms with Crippen molar-refractivity contribution in [2.75, 3.05) is 19.8 Å². The second kappa shape index (κ2) is 5.27. The van der Waals surface area contributed by atoms with Crippen molar-refractivity contribution >= 4 is 5.69 Å². The molecule has 1 aromatic carbocycles. The van der Waals surface area contributed by atoms with Gasteiger partial charge in [-0.1, -0.05) is 19.1 Å². The van der Waals surface area contributed by atoms with Gasteiger partial charge in [-0.2, -0.15) is 0 Å². The average Bonchev–Trinajstić information content (AvgIpc) is 2.33. The molecule has 1 unspecified atom stereocenters. The largest absolute Gasteiger partial charge is 0.380 e. The summed E-state index contributed by atoms with van der Waals surface area (Å²) in [4.78, 5) is 10.6. The quantitative estimate of drug-likeness (QED) is 0.655. The predicted molar refractivity (Wildman–Crippen MR) is 73.2 cm³/mol. The number of benzene rings is 1. The van der Waals surface area contributed by atoms with E-state index in [4.69, 9.17) is 4.74 Å². The molecule has 0 aromatic heterocycles. The fourth-order valence-corrected chi connectivity index (χ4v) is 2.16. The lowest BCUT2D eigenvalue weighted by Gasteiger charge is -2.39. The van der Waals surface area contributed by atoms with E-state index in [-0.39, 0.29) is 22.1 Å². The van der Waals surface area contributed by atoms with Crippen LogP contribution < -0.4 is 5.32 Å². The van der Waals surface area contributed by atoms with E-state index in [0.717, 1.165) is 25.3 Å². The van der Waals surface area contributed by atoms with E-state index in [1.807, 2.05) is 13.0 Å². The lowest BCUT2D eigenvalue weighted by atomic mass is 9.88. The van der Waals surface area contributed by atoms with E-state index in [2.05, 4.69) is 12.2 Å². The van der Waals surface area contributed by atoms with E-state index in [9.17, 15) is 10.1 Å². The Morgan fingerprint density at radius 3 is 2.74 bits per heavy atom. The third-order valence-corrected chi connectivity index (χ3v) is 3.67. The molecule has 1 heterocycles. The maximum Gasteiger partial charge on any atom is 0.272 e. The van der Waals surface area contributed by atoms with Crippen LogP contribution in [0.4, 0.5) is 5.69 Å². The maximum atomic E-state index is 10.9. The number of rotatable bonds is 5. The molecule has 0 amide bonds. The fraction of sp³-hybridized carbons (Fsp3) is 0.571. The molecular weight excluding hydrogens is 244 g/mol. The average molecular weight is 264 g/mol. The summed E-state index contributed by atoms with van der Waals surface area (Å²) in [6, 6.07) is 5.50. The summed E-state index contributed by atoms with van der Waals surface area (Å²) in [6.45, 7) is 8.37. The van der Waals surface area contributed by atoms with Crippen LogP contribution in [0.2, 0.25) is 0 Å². The summed E-state index contributed by atoms with van der Waals surface area (Å²) < 4.78 is 5.21. The number of nitrogens with zero attached hydrogens (tertiary/aromatic N) is 1. The lowest BCUT2D eigenvalue weighted by molar-refractivity contribution is -0.385. The van der Waals surface area contributed by atoms with Crippen molar-refractivity contribution in [2.45, 2.75) is 26.8 Å². The molecule has 1 aromatic rings. The minimum atomic E-state index is -0.327. The Bertz CT molecular complexity index is 484. The number of aryl methyl sites for hydroxylation is 1. The summed E-state index contributed by atoms with van der Waals surface area (Å²) >= 11 is 0. The summed E-state index contributed by atoms with van der Waals surface area (Å²) in [5, 5.41) is 14.4. The van der Waals surface area contributed by atoms with Gasteiger partial charge in [0.25, 0.3) is 5.69 Å². The molecule has 0 saturated carbocycles. The van der Waals surface area contributed by atoms with Crippen molar-refractivity contribution in [3.8, 4) is 0 Å². The van der Waals surface area contributed by atoms with Crippen LogP contribution in [0.5, 0.6) is 0 Å². The number of nitrogens with one attached hydrogen (secondary N) is 1. The topological polar surface area (TPSA) is 64.4 Å². The van der Waals surface area contributed by atoms with Gasteiger partial charge in [-0.25, -0.2) is 0 Å². The Kier molecular flexibility index (Phi) is 3.87. The highest BCUT2D eigenvalue weighted by Gasteiger charge is 2.33. The van der Waals surface area contributed by atoms with Crippen LogP contribution in [0, 0.1) is 22.5 Å². The van der Waals surface area contributed by atoms with Crippen LogP contribution >= 0.6 is 0 Å². The second-order valence-electron chi connectivity index (χ2n) is 5.71. The van der Waals surface area contributed by atoms with Crippen LogP contribution in [0.1, 0.15) is 31.0 Å². The number of ether oxygens (including phenoxy) is 1. The zero-order valence-electron chi connectivity index (χ0n) is 11.6. The standard InChI is InChI=1S/C14H20N2O3/c1-10-4-5-12(6-13(10)16(17)18)11(2)15-7-14(3)8-19-9-14/h4-6,11,15H,7-9H2,1-3H3. The highest BCUT2D eigenvalue weighted by molar-refractivity contribution is 5.43. The first-order chi connectivity index (χ1) is 8.91.